The van der Waals surface area contributed by atoms with Crippen molar-refractivity contribution in [2.75, 3.05) is 38.7 Å². The van der Waals surface area contributed by atoms with Crippen molar-refractivity contribution < 1.29 is 4.74 Å². The van der Waals surface area contributed by atoms with Crippen LogP contribution in [0.25, 0.3) is 0 Å². The molecule has 3 heteroatoms. The zero-order valence-electron chi connectivity index (χ0n) is 8.18. The van der Waals surface area contributed by atoms with Crippen molar-refractivity contribution in [3.63, 3.8) is 0 Å². The lowest BCUT2D eigenvalue weighted by Gasteiger charge is -2.18. The summed E-state index contributed by atoms with van der Waals surface area (Å²) in [5.41, 5.74) is 0. The van der Waals surface area contributed by atoms with Gasteiger partial charge in [-0.25, -0.2) is 0 Å². The second-order valence-corrected chi connectivity index (χ2v) is 3.11. The molecule has 0 heterocycles. The number of likely N-dealkylation sites (N-methyl/N-ethyl adjacent to an activating group) is 1. The number of rotatable bonds is 8. The lowest BCUT2D eigenvalue weighted by molar-refractivity contribution is 0.108. The monoisotopic (exact) mass is 193 g/mol. The number of halogens is 1. The molecule has 0 aliphatic heterocycles. The lowest BCUT2D eigenvalue weighted by Crippen LogP contribution is -2.29. The fourth-order valence-corrected chi connectivity index (χ4v) is 1.23. The highest BCUT2D eigenvalue weighted by Gasteiger charge is 1.99. The van der Waals surface area contributed by atoms with Crippen LogP contribution in [0.3, 0.4) is 0 Å². The van der Waals surface area contributed by atoms with E-state index in [1.54, 1.807) is 0 Å². The number of alkyl halides is 1. The molecular weight excluding hydrogens is 174 g/mol. The van der Waals surface area contributed by atoms with E-state index in [1.165, 1.54) is 0 Å². The molecule has 0 N–H and O–H groups in total. The molecule has 0 radical (unpaired) electrons. The van der Waals surface area contributed by atoms with Crippen LogP contribution in [0.2, 0.25) is 0 Å². The molecule has 0 rings (SSSR count). The molecule has 0 unspecified atom stereocenters. The highest BCUT2D eigenvalue weighted by atomic mass is 35.5. The fraction of sp³-hybridized carbons (Fsp3) is 1.00. The molecule has 0 atom stereocenters. The molecule has 0 amide bonds. The first-order valence-corrected chi connectivity index (χ1v) is 5.24. The predicted molar refractivity (Wildman–Crippen MR) is 53.9 cm³/mol. The minimum absolute atomic E-state index is 0.710. The Bertz CT molecular complexity index is 90.6. The fourth-order valence-electron chi connectivity index (χ4n) is 0.988. The van der Waals surface area contributed by atoms with Gasteiger partial charge in [-0.2, -0.15) is 0 Å². The number of hydrogen-bond acceptors (Lipinski definition) is 2. The third kappa shape index (κ3) is 6.89. The molecule has 0 saturated carbocycles. The van der Waals surface area contributed by atoms with Gasteiger partial charge >= 0.3 is 0 Å². The van der Waals surface area contributed by atoms with Crippen molar-refractivity contribution in [3.05, 3.63) is 0 Å². The van der Waals surface area contributed by atoms with Crippen molar-refractivity contribution in [3.8, 4) is 0 Å². The minimum atomic E-state index is 0.710. The summed E-state index contributed by atoms with van der Waals surface area (Å²) in [6.45, 7) is 9.00. The van der Waals surface area contributed by atoms with Gasteiger partial charge in [-0.05, 0) is 13.0 Å². The summed E-state index contributed by atoms with van der Waals surface area (Å²) >= 11 is 5.63. The molecule has 74 valence electrons. The highest BCUT2D eigenvalue weighted by Crippen LogP contribution is 1.90. The summed E-state index contributed by atoms with van der Waals surface area (Å²) in [4.78, 5) is 2.29. The van der Waals surface area contributed by atoms with Crippen molar-refractivity contribution in [1.82, 2.24) is 4.90 Å². The maximum Gasteiger partial charge on any atom is 0.0593 e. The number of hydrogen-bond donors (Lipinski definition) is 0. The standard InChI is InChI=1S/C9H20ClNO/c1-3-8-12-9-7-11(4-2)6-5-10/h3-9H2,1-2H3. The van der Waals surface area contributed by atoms with Crippen LogP contribution in [-0.4, -0.2) is 43.6 Å². The van der Waals surface area contributed by atoms with E-state index in [0.29, 0.717) is 5.88 Å². The largest absolute Gasteiger partial charge is 0.380 e. The van der Waals surface area contributed by atoms with Gasteiger partial charge in [0.05, 0.1) is 6.61 Å². The van der Waals surface area contributed by atoms with Crippen LogP contribution >= 0.6 is 11.6 Å². The van der Waals surface area contributed by atoms with Crippen LogP contribution < -0.4 is 0 Å². The van der Waals surface area contributed by atoms with E-state index in [4.69, 9.17) is 16.3 Å². The SMILES string of the molecule is CCCOCCN(CC)CCCl. The Balaban J connectivity index is 3.19. The van der Waals surface area contributed by atoms with Gasteiger partial charge in [0.1, 0.15) is 0 Å². The lowest BCUT2D eigenvalue weighted by atomic mass is 10.5. The second kappa shape index (κ2) is 9.30. The van der Waals surface area contributed by atoms with Crippen molar-refractivity contribution >= 4 is 11.6 Å². The number of nitrogens with zero attached hydrogens (tertiary/aromatic N) is 1. The average Bonchev–Trinajstić information content (AvgIpc) is 2.10. The van der Waals surface area contributed by atoms with Gasteiger partial charge < -0.3 is 9.64 Å². The Morgan fingerprint density at radius 3 is 2.42 bits per heavy atom. The van der Waals surface area contributed by atoms with E-state index in [0.717, 1.165) is 39.3 Å². The van der Waals surface area contributed by atoms with Crippen LogP contribution in [0.15, 0.2) is 0 Å². The van der Waals surface area contributed by atoms with E-state index in [9.17, 15) is 0 Å². The molecular formula is C9H20ClNO. The smallest absolute Gasteiger partial charge is 0.0593 e. The molecule has 0 fully saturated rings. The molecule has 0 aliphatic carbocycles. The Morgan fingerprint density at radius 1 is 1.17 bits per heavy atom. The van der Waals surface area contributed by atoms with Gasteiger partial charge in [-0.3, -0.25) is 0 Å². The molecule has 2 nitrogen and oxygen atoms in total. The topological polar surface area (TPSA) is 12.5 Å². The summed E-state index contributed by atoms with van der Waals surface area (Å²) in [5, 5.41) is 0. The van der Waals surface area contributed by atoms with E-state index < -0.39 is 0 Å². The molecule has 0 aromatic rings. The molecule has 0 aromatic heterocycles. The third-order valence-corrected chi connectivity index (χ3v) is 1.92. The van der Waals surface area contributed by atoms with E-state index >= 15 is 0 Å². The van der Waals surface area contributed by atoms with Crippen molar-refractivity contribution in [1.29, 1.82) is 0 Å². The Kier molecular flexibility index (Phi) is 9.46. The van der Waals surface area contributed by atoms with E-state index in [2.05, 4.69) is 18.7 Å². The normalized spacial score (nSPS) is 11.0. The van der Waals surface area contributed by atoms with Crippen molar-refractivity contribution in [2.24, 2.45) is 0 Å². The average molecular weight is 194 g/mol. The summed E-state index contributed by atoms with van der Waals surface area (Å²) in [6, 6.07) is 0. The summed E-state index contributed by atoms with van der Waals surface area (Å²) in [5.74, 6) is 0.710. The molecule has 0 aliphatic rings. The summed E-state index contributed by atoms with van der Waals surface area (Å²) in [6.07, 6.45) is 1.10. The van der Waals surface area contributed by atoms with Crippen LogP contribution in [0, 0.1) is 0 Å². The number of ether oxygens (including phenoxy) is 1. The first kappa shape index (κ1) is 12.2. The molecule has 0 spiro atoms. The van der Waals surface area contributed by atoms with Gasteiger partial charge in [-0.1, -0.05) is 13.8 Å². The van der Waals surface area contributed by atoms with Crippen LogP contribution in [0.1, 0.15) is 20.3 Å². The first-order chi connectivity index (χ1) is 5.85. The predicted octanol–water partition coefficient (Wildman–Crippen LogP) is 1.97. The first-order valence-electron chi connectivity index (χ1n) is 4.71. The summed E-state index contributed by atoms with van der Waals surface area (Å²) < 4.78 is 5.38. The molecule has 12 heavy (non-hydrogen) atoms. The van der Waals surface area contributed by atoms with Crippen LogP contribution in [0.5, 0.6) is 0 Å². The van der Waals surface area contributed by atoms with Gasteiger partial charge in [0.25, 0.3) is 0 Å². The van der Waals surface area contributed by atoms with Gasteiger partial charge in [0.2, 0.25) is 0 Å². The molecule has 0 bridgehead atoms. The van der Waals surface area contributed by atoms with E-state index in [1.807, 2.05) is 0 Å². The third-order valence-electron chi connectivity index (χ3n) is 1.75. The van der Waals surface area contributed by atoms with Gasteiger partial charge in [0.15, 0.2) is 0 Å². The summed E-state index contributed by atoms with van der Waals surface area (Å²) in [7, 11) is 0. The Morgan fingerprint density at radius 2 is 1.92 bits per heavy atom. The second-order valence-electron chi connectivity index (χ2n) is 2.74. The highest BCUT2D eigenvalue weighted by molar-refractivity contribution is 6.18. The molecule has 0 aromatic carbocycles. The Labute approximate surface area is 80.8 Å². The van der Waals surface area contributed by atoms with Crippen molar-refractivity contribution in [2.45, 2.75) is 20.3 Å². The van der Waals surface area contributed by atoms with E-state index in [-0.39, 0.29) is 0 Å². The zero-order valence-corrected chi connectivity index (χ0v) is 8.94. The maximum atomic E-state index is 5.63. The van der Waals surface area contributed by atoms with Crippen LogP contribution in [0.4, 0.5) is 0 Å². The zero-order chi connectivity index (χ0) is 9.23. The Hall–Kier alpha value is 0.210. The molecule has 0 saturated heterocycles. The maximum absolute atomic E-state index is 5.63. The van der Waals surface area contributed by atoms with Crippen LogP contribution in [-0.2, 0) is 4.74 Å². The minimum Gasteiger partial charge on any atom is -0.380 e. The quantitative estimate of drug-likeness (QED) is 0.432. The van der Waals surface area contributed by atoms with Gasteiger partial charge in [-0.15, -0.1) is 11.6 Å². The van der Waals surface area contributed by atoms with Gasteiger partial charge in [0, 0.05) is 25.6 Å².